The zero-order valence-corrected chi connectivity index (χ0v) is 13.0. The minimum Gasteiger partial charge on any atom is -0.347 e. The third kappa shape index (κ3) is 1.93. The predicted molar refractivity (Wildman–Crippen MR) is 75.4 cm³/mol. The molecule has 6 nitrogen and oxygen atoms in total. The van der Waals surface area contributed by atoms with Gasteiger partial charge in [-0.3, -0.25) is 9.89 Å². The van der Waals surface area contributed by atoms with Crippen LogP contribution in [0.3, 0.4) is 0 Å². The van der Waals surface area contributed by atoms with E-state index in [0.717, 1.165) is 11.8 Å². The summed E-state index contributed by atoms with van der Waals surface area (Å²) in [5.41, 5.74) is 0.158. The summed E-state index contributed by atoms with van der Waals surface area (Å²) in [6, 6.07) is 0.187. The van der Waals surface area contributed by atoms with Crippen molar-refractivity contribution in [3.63, 3.8) is 0 Å². The van der Waals surface area contributed by atoms with Crippen LogP contribution in [0.2, 0.25) is 0 Å². The summed E-state index contributed by atoms with van der Waals surface area (Å²) in [7, 11) is 1.40. The quantitative estimate of drug-likeness (QED) is 0.820. The van der Waals surface area contributed by atoms with Gasteiger partial charge in [-0.05, 0) is 49.9 Å². The third-order valence-electron chi connectivity index (χ3n) is 5.38. The van der Waals surface area contributed by atoms with Gasteiger partial charge in [-0.1, -0.05) is 0 Å². The van der Waals surface area contributed by atoms with Gasteiger partial charge in [0.05, 0.1) is 5.69 Å². The summed E-state index contributed by atoms with van der Waals surface area (Å²) < 4.78 is 23.2. The number of aromatic nitrogens is 2. The van der Waals surface area contributed by atoms with E-state index in [2.05, 4.69) is 15.5 Å². The molecule has 4 rings (SSSR count). The van der Waals surface area contributed by atoms with Gasteiger partial charge in [-0.25, -0.2) is 8.42 Å². The van der Waals surface area contributed by atoms with Crippen LogP contribution >= 0.6 is 10.7 Å². The number of hydrogen-bond acceptors (Lipinski definition) is 4. The Morgan fingerprint density at radius 2 is 1.95 bits per heavy atom. The molecule has 0 saturated heterocycles. The molecule has 8 heteroatoms. The molecule has 2 bridgehead atoms. The van der Waals surface area contributed by atoms with Crippen molar-refractivity contribution in [3.05, 3.63) is 11.4 Å². The number of H-pyrrole nitrogens is 1. The average Bonchev–Trinajstić information content (AvgIpc) is 2.81. The van der Waals surface area contributed by atoms with E-state index in [-0.39, 0.29) is 22.3 Å². The van der Waals surface area contributed by atoms with Gasteiger partial charge in [-0.2, -0.15) is 5.10 Å². The molecule has 3 aliphatic carbocycles. The smallest absolute Gasteiger partial charge is 0.273 e. The van der Waals surface area contributed by atoms with Gasteiger partial charge in [0, 0.05) is 16.7 Å². The highest BCUT2D eigenvalue weighted by atomic mass is 35.7. The van der Waals surface area contributed by atoms with E-state index in [1.807, 2.05) is 0 Å². The van der Waals surface area contributed by atoms with Crippen LogP contribution in [0.15, 0.2) is 4.90 Å². The van der Waals surface area contributed by atoms with Gasteiger partial charge in [-0.15, -0.1) is 0 Å². The Morgan fingerprint density at radius 3 is 2.52 bits per heavy atom. The van der Waals surface area contributed by atoms with Crippen LogP contribution in [0, 0.1) is 30.6 Å². The lowest BCUT2D eigenvalue weighted by atomic mass is 10.0. The van der Waals surface area contributed by atoms with Gasteiger partial charge in [0.2, 0.25) is 0 Å². The summed E-state index contributed by atoms with van der Waals surface area (Å²) in [5.74, 6) is 2.20. The highest BCUT2D eigenvalue weighted by molar-refractivity contribution is 8.13. The van der Waals surface area contributed by atoms with Crippen molar-refractivity contribution in [3.8, 4) is 0 Å². The fourth-order valence-electron chi connectivity index (χ4n) is 4.61. The molecule has 1 aromatic heterocycles. The molecule has 114 valence electrons. The van der Waals surface area contributed by atoms with Crippen LogP contribution in [-0.2, 0) is 9.05 Å². The minimum absolute atomic E-state index is 0.125. The lowest BCUT2D eigenvalue weighted by Crippen LogP contribution is -2.31. The van der Waals surface area contributed by atoms with Crippen LogP contribution in [0.25, 0.3) is 0 Å². The number of amides is 1. The monoisotopic (exact) mass is 329 g/mol. The normalized spacial score (nSPS) is 36.6. The van der Waals surface area contributed by atoms with E-state index >= 15 is 0 Å². The summed E-state index contributed by atoms with van der Waals surface area (Å²) >= 11 is 0. The number of hydrogen-bond donors (Lipinski definition) is 2. The van der Waals surface area contributed by atoms with Crippen molar-refractivity contribution < 1.29 is 13.2 Å². The molecule has 1 heterocycles. The number of nitrogens with one attached hydrogen (secondary N) is 2. The first-order chi connectivity index (χ1) is 9.88. The first-order valence-electron chi connectivity index (χ1n) is 7.18. The molecular weight excluding hydrogens is 314 g/mol. The zero-order chi connectivity index (χ0) is 14.9. The lowest BCUT2D eigenvalue weighted by molar-refractivity contribution is 0.0936. The Hall–Kier alpha value is -1.08. The van der Waals surface area contributed by atoms with Gasteiger partial charge in [0.25, 0.3) is 15.0 Å². The van der Waals surface area contributed by atoms with E-state index in [4.69, 9.17) is 10.7 Å². The molecule has 0 spiro atoms. The van der Waals surface area contributed by atoms with Gasteiger partial charge < -0.3 is 5.32 Å². The minimum atomic E-state index is -3.99. The topological polar surface area (TPSA) is 91.9 Å². The standard InChI is InChI=1S/C13H16ClN3O3S/c1-5-12(21(14,19)20)11(17-16-5)13(18)15-10-8-6-2-3-7(4-6)9(8)10/h6-10H,2-4H2,1H3,(H,15,18)(H,16,17). The van der Waals surface area contributed by atoms with Crippen molar-refractivity contribution in [2.75, 3.05) is 0 Å². The molecule has 4 atom stereocenters. The van der Waals surface area contributed by atoms with Gasteiger partial charge in [0.15, 0.2) is 5.69 Å². The molecule has 3 aliphatic rings. The van der Waals surface area contributed by atoms with Crippen LogP contribution in [-0.4, -0.2) is 30.6 Å². The maximum absolute atomic E-state index is 12.3. The van der Waals surface area contributed by atoms with E-state index in [0.29, 0.717) is 11.8 Å². The number of fused-ring (bicyclic) bond motifs is 5. The Labute approximate surface area is 127 Å². The van der Waals surface area contributed by atoms with E-state index in [1.165, 1.54) is 26.2 Å². The summed E-state index contributed by atoms with van der Waals surface area (Å²) in [5, 5.41) is 9.29. The van der Waals surface area contributed by atoms with E-state index in [1.54, 1.807) is 0 Å². The fraction of sp³-hybridized carbons (Fsp3) is 0.692. The molecule has 0 radical (unpaired) electrons. The number of rotatable bonds is 3. The molecule has 3 fully saturated rings. The first-order valence-corrected chi connectivity index (χ1v) is 9.49. The third-order valence-corrected chi connectivity index (χ3v) is 6.83. The van der Waals surface area contributed by atoms with Crippen molar-refractivity contribution in [2.45, 2.75) is 37.1 Å². The Morgan fingerprint density at radius 1 is 1.33 bits per heavy atom. The SMILES string of the molecule is Cc1[nH]nc(C(=O)NC2C3C4CCC(C4)C23)c1S(=O)(=O)Cl. The maximum atomic E-state index is 12.3. The van der Waals surface area contributed by atoms with Crippen molar-refractivity contribution in [2.24, 2.45) is 23.7 Å². The van der Waals surface area contributed by atoms with Crippen LogP contribution in [0.4, 0.5) is 0 Å². The highest BCUT2D eigenvalue weighted by Crippen LogP contribution is 2.65. The molecule has 1 aromatic rings. The Balaban J connectivity index is 1.55. The van der Waals surface area contributed by atoms with Crippen LogP contribution in [0.5, 0.6) is 0 Å². The van der Waals surface area contributed by atoms with Crippen molar-refractivity contribution >= 4 is 25.6 Å². The zero-order valence-electron chi connectivity index (χ0n) is 11.5. The Bertz CT molecular complexity index is 713. The van der Waals surface area contributed by atoms with Crippen LogP contribution < -0.4 is 5.32 Å². The summed E-state index contributed by atoms with van der Waals surface area (Å²) in [6.07, 6.45) is 3.83. The molecule has 0 aromatic carbocycles. The number of aryl methyl sites for hydroxylation is 1. The number of carbonyl (C=O) groups is 1. The molecule has 21 heavy (non-hydrogen) atoms. The number of carbonyl (C=O) groups excluding carboxylic acids is 1. The summed E-state index contributed by atoms with van der Waals surface area (Å²) in [4.78, 5) is 12.1. The molecule has 1 amide bonds. The van der Waals surface area contributed by atoms with Crippen molar-refractivity contribution in [1.82, 2.24) is 15.5 Å². The number of nitrogens with zero attached hydrogens (tertiary/aromatic N) is 1. The summed E-state index contributed by atoms with van der Waals surface area (Å²) in [6.45, 7) is 1.53. The maximum Gasteiger partial charge on any atom is 0.273 e. The molecular formula is C13H16ClN3O3S. The average molecular weight is 330 g/mol. The largest absolute Gasteiger partial charge is 0.347 e. The number of aromatic amines is 1. The predicted octanol–water partition coefficient (Wildman–Crippen LogP) is 1.42. The molecule has 0 aliphatic heterocycles. The Kier molecular flexibility index (Phi) is 2.73. The van der Waals surface area contributed by atoms with E-state index in [9.17, 15) is 13.2 Å². The lowest BCUT2D eigenvalue weighted by Gasteiger charge is -2.10. The van der Waals surface area contributed by atoms with E-state index < -0.39 is 15.0 Å². The van der Waals surface area contributed by atoms with Gasteiger partial charge in [0.1, 0.15) is 4.90 Å². The number of halogens is 1. The second-order valence-corrected chi connectivity index (χ2v) is 8.95. The van der Waals surface area contributed by atoms with Gasteiger partial charge >= 0.3 is 0 Å². The second-order valence-electron chi connectivity index (χ2n) is 6.45. The fourth-order valence-corrected chi connectivity index (χ4v) is 5.96. The molecule has 3 saturated carbocycles. The first kappa shape index (κ1) is 13.6. The van der Waals surface area contributed by atoms with Crippen LogP contribution in [0.1, 0.15) is 35.4 Å². The molecule has 2 N–H and O–H groups in total. The van der Waals surface area contributed by atoms with Crippen molar-refractivity contribution in [1.29, 1.82) is 0 Å². The molecule has 4 unspecified atom stereocenters. The second kappa shape index (κ2) is 4.23. The highest BCUT2D eigenvalue weighted by Gasteiger charge is 2.65.